The molecule has 2 saturated carbocycles. The van der Waals surface area contributed by atoms with Crippen LogP contribution in [0.25, 0.3) is 0 Å². The van der Waals surface area contributed by atoms with Crippen molar-refractivity contribution in [3.8, 4) is 0 Å². The number of hydrogen-bond donors (Lipinski definition) is 1. The Bertz CT molecular complexity index is 189. The van der Waals surface area contributed by atoms with Crippen molar-refractivity contribution >= 4 is 0 Å². The monoisotopic (exact) mass is 210 g/mol. The first-order valence-electron chi connectivity index (χ1n) is 6.75. The van der Waals surface area contributed by atoms with Crippen molar-refractivity contribution in [2.75, 3.05) is 20.1 Å². The van der Waals surface area contributed by atoms with Crippen molar-refractivity contribution in [1.82, 2.24) is 10.2 Å². The van der Waals surface area contributed by atoms with E-state index in [1.54, 1.807) is 0 Å². The molecule has 88 valence electrons. The number of nitrogens with one attached hydrogen (secondary N) is 1. The van der Waals surface area contributed by atoms with E-state index in [0.29, 0.717) is 0 Å². The van der Waals surface area contributed by atoms with Gasteiger partial charge in [0.15, 0.2) is 0 Å². The van der Waals surface area contributed by atoms with Crippen molar-refractivity contribution in [3.05, 3.63) is 0 Å². The molecule has 0 aliphatic heterocycles. The minimum atomic E-state index is 0.764. The SMILES string of the molecule is CCNC1CCCC1N(C)CC1CCC1. The number of rotatable bonds is 5. The highest BCUT2D eigenvalue weighted by molar-refractivity contribution is 4.90. The minimum Gasteiger partial charge on any atom is -0.313 e. The van der Waals surface area contributed by atoms with E-state index in [1.807, 2.05) is 0 Å². The van der Waals surface area contributed by atoms with Crippen LogP contribution in [0, 0.1) is 5.92 Å². The van der Waals surface area contributed by atoms with Gasteiger partial charge in [0.2, 0.25) is 0 Å². The Kier molecular flexibility index (Phi) is 4.04. The first kappa shape index (κ1) is 11.4. The fourth-order valence-corrected chi connectivity index (χ4v) is 3.19. The van der Waals surface area contributed by atoms with E-state index in [4.69, 9.17) is 0 Å². The summed E-state index contributed by atoms with van der Waals surface area (Å²) in [7, 11) is 2.33. The third-order valence-corrected chi connectivity index (χ3v) is 4.28. The van der Waals surface area contributed by atoms with Crippen LogP contribution in [0.2, 0.25) is 0 Å². The summed E-state index contributed by atoms with van der Waals surface area (Å²) in [6.07, 6.45) is 8.62. The number of nitrogens with zero attached hydrogens (tertiary/aromatic N) is 1. The summed E-state index contributed by atoms with van der Waals surface area (Å²) in [5.74, 6) is 1.01. The van der Waals surface area contributed by atoms with Crippen molar-refractivity contribution in [2.24, 2.45) is 5.92 Å². The summed E-state index contributed by atoms with van der Waals surface area (Å²) in [6.45, 7) is 4.69. The van der Waals surface area contributed by atoms with Crippen LogP contribution in [0.3, 0.4) is 0 Å². The zero-order valence-corrected chi connectivity index (χ0v) is 10.3. The third-order valence-electron chi connectivity index (χ3n) is 4.28. The molecule has 2 heteroatoms. The van der Waals surface area contributed by atoms with E-state index in [9.17, 15) is 0 Å². The molecule has 0 radical (unpaired) electrons. The van der Waals surface area contributed by atoms with Gasteiger partial charge in [-0.2, -0.15) is 0 Å². The maximum atomic E-state index is 3.64. The summed E-state index contributed by atoms with van der Waals surface area (Å²) in [6, 6.07) is 1.57. The van der Waals surface area contributed by atoms with Gasteiger partial charge < -0.3 is 10.2 Å². The standard InChI is InChI=1S/C13H26N2/c1-3-14-12-8-5-9-13(12)15(2)10-11-6-4-7-11/h11-14H,3-10H2,1-2H3. The fourth-order valence-electron chi connectivity index (χ4n) is 3.19. The van der Waals surface area contributed by atoms with Gasteiger partial charge in [-0.3, -0.25) is 0 Å². The van der Waals surface area contributed by atoms with Crippen molar-refractivity contribution in [2.45, 2.75) is 57.5 Å². The Morgan fingerprint density at radius 2 is 1.87 bits per heavy atom. The second-order valence-electron chi connectivity index (χ2n) is 5.40. The second kappa shape index (κ2) is 5.31. The Hall–Kier alpha value is -0.0800. The smallest absolute Gasteiger partial charge is 0.0246 e. The van der Waals surface area contributed by atoms with Crippen molar-refractivity contribution in [1.29, 1.82) is 0 Å². The van der Waals surface area contributed by atoms with E-state index < -0.39 is 0 Å². The van der Waals surface area contributed by atoms with Crippen LogP contribution < -0.4 is 5.32 Å². The molecule has 0 aromatic rings. The van der Waals surface area contributed by atoms with E-state index in [-0.39, 0.29) is 0 Å². The van der Waals surface area contributed by atoms with Gasteiger partial charge in [-0.05, 0) is 45.2 Å². The Labute approximate surface area is 94.4 Å². The van der Waals surface area contributed by atoms with Crippen molar-refractivity contribution in [3.63, 3.8) is 0 Å². The van der Waals surface area contributed by atoms with Crippen LogP contribution in [-0.2, 0) is 0 Å². The maximum absolute atomic E-state index is 3.64. The molecule has 0 aromatic heterocycles. The largest absolute Gasteiger partial charge is 0.313 e. The molecule has 1 N–H and O–H groups in total. The van der Waals surface area contributed by atoms with Gasteiger partial charge in [0.1, 0.15) is 0 Å². The highest BCUT2D eigenvalue weighted by atomic mass is 15.2. The van der Waals surface area contributed by atoms with Gasteiger partial charge in [0.05, 0.1) is 0 Å². The molecule has 2 rings (SSSR count). The fraction of sp³-hybridized carbons (Fsp3) is 1.00. The van der Waals surface area contributed by atoms with Gasteiger partial charge in [0.25, 0.3) is 0 Å². The lowest BCUT2D eigenvalue weighted by Gasteiger charge is -2.36. The average Bonchev–Trinajstić information content (AvgIpc) is 2.60. The molecule has 2 atom stereocenters. The summed E-state index contributed by atoms with van der Waals surface area (Å²) < 4.78 is 0. The summed E-state index contributed by atoms with van der Waals surface area (Å²) in [5.41, 5.74) is 0. The van der Waals surface area contributed by atoms with Gasteiger partial charge in [-0.15, -0.1) is 0 Å². The molecule has 0 heterocycles. The predicted molar refractivity (Wildman–Crippen MR) is 65.1 cm³/mol. The minimum absolute atomic E-state index is 0.764. The third kappa shape index (κ3) is 2.73. The molecule has 0 bridgehead atoms. The van der Waals surface area contributed by atoms with Gasteiger partial charge in [-0.25, -0.2) is 0 Å². The highest BCUT2D eigenvalue weighted by Crippen LogP contribution is 2.30. The summed E-state index contributed by atoms with van der Waals surface area (Å²) >= 11 is 0. The van der Waals surface area contributed by atoms with Gasteiger partial charge in [0, 0.05) is 18.6 Å². The van der Waals surface area contributed by atoms with E-state index in [1.165, 1.54) is 45.1 Å². The second-order valence-corrected chi connectivity index (χ2v) is 5.40. The molecule has 2 aliphatic rings. The molecular formula is C13H26N2. The van der Waals surface area contributed by atoms with Crippen molar-refractivity contribution < 1.29 is 0 Å². The summed E-state index contributed by atoms with van der Waals surface area (Å²) in [4.78, 5) is 2.63. The first-order valence-corrected chi connectivity index (χ1v) is 6.75. The Morgan fingerprint density at radius 1 is 1.13 bits per heavy atom. The lowest BCUT2D eigenvalue weighted by molar-refractivity contribution is 0.147. The molecule has 2 nitrogen and oxygen atoms in total. The van der Waals surface area contributed by atoms with E-state index in [0.717, 1.165) is 24.5 Å². The zero-order chi connectivity index (χ0) is 10.7. The Balaban J connectivity index is 1.79. The Morgan fingerprint density at radius 3 is 2.47 bits per heavy atom. The molecule has 0 saturated heterocycles. The lowest BCUT2D eigenvalue weighted by Crippen LogP contribution is -2.47. The van der Waals surface area contributed by atoms with E-state index in [2.05, 4.69) is 24.2 Å². The molecule has 2 unspecified atom stereocenters. The first-order chi connectivity index (χ1) is 7.31. The van der Waals surface area contributed by atoms with Crippen LogP contribution in [0.4, 0.5) is 0 Å². The van der Waals surface area contributed by atoms with Crippen LogP contribution in [0.1, 0.15) is 45.4 Å². The van der Waals surface area contributed by atoms with E-state index >= 15 is 0 Å². The predicted octanol–water partition coefficient (Wildman–Crippen LogP) is 2.25. The zero-order valence-electron chi connectivity index (χ0n) is 10.3. The van der Waals surface area contributed by atoms with Crippen LogP contribution in [-0.4, -0.2) is 37.1 Å². The van der Waals surface area contributed by atoms with Crippen LogP contribution in [0.15, 0.2) is 0 Å². The van der Waals surface area contributed by atoms with Crippen LogP contribution >= 0.6 is 0 Å². The maximum Gasteiger partial charge on any atom is 0.0246 e. The van der Waals surface area contributed by atoms with Gasteiger partial charge >= 0.3 is 0 Å². The van der Waals surface area contributed by atoms with Gasteiger partial charge in [-0.1, -0.05) is 19.8 Å². The molecule has 15 heavy (non-hydrogen) atoms. The molecule has 0 spiro atoms. The topological polar surface area (TPSA) is 15.3 Å². The number of hydrogen-bond acceptors (Lipinski definition) is 2. The molecule has 0 amide bonds. The highest BCUT2D eigenvalue weighted by Gasteiger charge is 2.31. The molecular weight excluding hydrogens is 184 g/mol. The quantitative estimate of drug-likeness (QED) is 0.749. The molecule has 2 aliphatic carbocycles. The average molecular weight is 210 g/mol. The lowest BCUT2D eigenvalue weighted by atomic mass is 9.85. The number of likely N-dealkylation sites (N-methyl/N-ethyl adjacent to an activating group) is 2. The normalized spacial score (nSPS) is 32.2. The molecule has 0 aromatic carbocycles. The molecule has 2 fully saturated rings. The van der Waals surface area contributed by atoms with Crippen LogP contribution in [0.5, 0.6) is 0 Å². The summed E-state index contributed by atoms with van der Waals surface area (Å²) in [5, 5.41) is 3.64.